The molecule has 1 atom stereocenters. The molecular weight excluding hydrogens is 213 g/mol. The SMILES string of the molecule is C[N+]1(CC(O)CCl)CCOCC1.[Cl-]. The number of rotatable bonds is 3. The van der Waals surface area contributed by atoms with E-state index in [1.807, 2.05) is 0 Å². The van der Waals surface area contributed by atoms with Crippen LogP contribution < -0.4 is 12.4 Å². The van der Waals surface area contributed by atoms with Crippen molar-refractivity contribution in [1.82, 2.24) is 0 Å². The molecule has 5 heteroatoms. The minimum absolute atomic E-state index is 0. The number of halogens is 2. The summed E-state index contributed by atoms with van der Waals surface area (Å²) < 4.78 is 6.13. The Bertz CT molecular complexity index is 140. The molecule has 80 valence electrons. The zero-order chi connectivity index (χ0) is 9.03. The summed E-state index contributed by atoms with van der Waals surface area (Å²) in [5.74, 6) is 0.328. The molecule has 3 nitrogen and oxygen atoms in total. The van der Waals surface area contributed by atoms with Crippen LogP contribution in [0.5, 0.6) is 0 Å². The largest absolute Gasteiger partial charge is 1.00 e. The van der Waals surface area contributed by atoms with Crippen LogP contribution in [0.25, 0.3) is 0 Å². The molecule has 0 saturated carbocycles. The first-order valence-corrected chi connectivity index (χ1v) is 4.85. The third-order valence-corrected chi connectivity index (χ3v) is 2.74. The average Bonchev–Trinajstić information content (AvgIpc) is 2.05. The minimum atomic E-state index is -0.380. The summed E-state index contributed by atoms with van der Waals surface area (Å²) in [5.41, 5.74) is 0. The highest BCUT2D eigenvalue weighted by Crippen LogP contribution is 2.09. The third-order valence-electron chi connectivity index (χ3n) is 2.38. The number of aliphatic hydroxyl groups excluding tert-OH is 1. The molecule has 0 aromatic heterocycles. The van der Waals surface area contributed by atoms with Gasteiger partial charge in [0.2, 0.25) is 0 Å². The van der Waals surface area contributed by atoms with Gasteiger partial charge in [0.15, 0.2) is 0 Å². The molecule has 1 heterocycles. The first kappa shape index (κ1) is 13.5. The number of morpholine rings is 1. The first-order chi connectivity index (χ1) is 5.66. The fraction of sp³-hybridized carbons (Fsp3) is 1.00. The lowest BCUT2D eigenvalue weighted by Gasteiger charge is -2.38. The number of nitrogens with zero attached hydrogens (tertiary/aromatic N) is 1. The van der Waals surface area contributed by atoms with Crippen molar-refractivity contribution >= 4 is 11.6 Å². The van der Waals surface area contributed by atoms with E-state index in [1.165, 1.54) is 0 Å². The van der Waals surface area contributed by atoms with Gasteiger partial charge in [-0.3, -0.25) is 0 Å². The molecule has 1 saturated heterocycles. The lowest BCUT2D eigenvalue weighted by atomic mass is 10.2. The van der Waals surface area contributed by atoms with Crippen LogP contribution in [0.2, 0.25) is 0 Å². The topological polar surface area (TPSA) is 29.5 Å². The van der Waals surface area contributed by atoms with Crippen molar-refractivity contribution in [2.45, 2.75) is 6.10 Å². The monoisotopic (exact) mass is 229 g/mol. The molecule has 1 aliphatic rings. The molecular formula is C8H17Cl2NO2. The van der Waals surface area contributed by atoms with Crippen molar-refractivity contribution < 1.29 is 26.7 Å². The van der Waals surface area contributed by atoms with Gasteiger partial charge in [0, 0.05) is 0 Å². The van der Waals surface area contributed by atoms with Gasteiger partial charge in [0.1, 0.15) is 25.7 Å². The molecule has 0 bridgehead atoms. The molecule has 0 aromatic carbocycles. The quantitative estimate of drug-likeness (QED) is 0.415. The van der Waals surface area contributed by atoms with Crippen LogP contribution in [-0.4, -0.2) is 61.5 Å². The molecule has 0 spiro atoms. The van der Waals surface area contributed by atoms with Crippen molar-refractivity contribution in [2.75, 3.05) is 45.8 Å². The number of alkyl halides is 1. The molecule has 0 aliphatic carbocycles. The number of quaternary nitrogens is 1. The van der Waals surface area contributed by atoms with Gasteiger partial charge in [0.25, 0.3) is 0 Å². The van der Waals surface area contributed by atoms with Crippen LogP contribution in [0.1, 0.15) is 0 Å². The number of hydrogen-bond donors (Lipinski definition) is 1. The maximum Gasteiger partial charge on any atom is 0.116 e. The van der Waals surface area contributed by atoms with E-state index in [0.29, 0.717) is 5.88 Å². The van der Waals surface area contributed by atoms with E-state index in [2.05, 4.69) is 7.05 Å². The van der Waals surface area contributed by atoms with Gasteiger partial charge in [-0.15, -0.1) is 11.6 Å². The lowest BCUT2D eigenvalue weighted by Crippen LogP contribution is -3.00. The summed E-state index contributed by atoms with van der Waals surface area (Å²) in [5, 5.41) is 9.39. The van der Waals surface area contributed by atoms with Gasteiger partial charge in [-0.1, -0.05) is 0 Å². The zero-order valence-electron chi connectivity index (χ0n) is 7.88. The minimum Gasteiger partial charge on any atom is -1.00 e. The van der Waals surface area contributed by atoms with Gasteiger partial charge in [0.05, 0.1) is 26.1 Å². The second-order valence-corrected chi connectivity index (χ2v) is 3.98. The zero-order valence-corrected chi connectivity index (χ0v) is 9.39. The van der Waals surface area contributed by atoms with Crippen LogP contribution in [0.3, 0.4) is 0 Å². The second kappa shape index (κ2) is 6.04. The molecule has 0 radical (unpaired) electrons. The van der Waals surface area contributed by atoms with Crippen LogP contribution in [0.4, 0.5) is 0 Å². The van der Waals surface area contributed by atoms with E-state index in [9.17, 15) is 5.11 Å². The fourth-order valence-electron chi connectivity index (χ4n) is 1.52. The van der Waals surface area contributed by atoms with Gasteiger partial charge < -0.3 is 26.7 Å². The van der Waals surface area contributed by atoms with E-state index >= 15 is 0 Å². The Morgan fingerprint density at radius 2 is 2.00 bits per heavy atom. The Morgan fingerprint density at radius 3 is 2.46 bits per heavy atom. The first-order valence-electron chi connectivity index (χ1n) is 4.32. The van der Waals surface area contributed by atoms with Gasteiger partial charge in [-0.05, 0) is 0 Å². The standard InChI is InChI=1S/C8H17ClNO2.ClH/c1-10(7-8(11)6-9)2-4-12-5-3-10;/h8,11H,2-7H2,1H3;1H/q+1;/p-1. The molecule has 1 fully saturated rings. The second-order valence-electron chi connectivity index (χ2n) is 3.67. The van der Waals surface area contributed by atoms with Crippen molar-refractivity contribution in [3.63, 3.8) is 0 Å². The summed E-state index contributed by atoms with van der Waals surface area (Å²) >= 11 is 5.54. The molecule has 13 heavy (non-hydrogen) atoms. The Balaban J connectivity index is 0.00000144. The smallest absolute Gasteiger partial charge is 0.116 e. The molecule has 1 N–H and O–H groups in total. The highest BCUT2D eigenvalue weighted by molar-refractivity contribution is 6.18. The van der Waals surface area contributed by atoms with Gasteiger partial charge in [-0.2, -0.15) is 0 Å². The predicted octanol–water partition coefficient (Wildman–Crippen LogP) is -2.93. The molecule has 0 aromatic rings. The Morgan fingerprint density at radius 1 is 1.46 bits per heavy atom. The normalized spacial score (nSPS) is 23.3. The highest BCUT2D eigenvalue weighted by atomic mass is 35.5. The van der Waals surface area contributed by atoms with Gasteiger partial charge >= 0.3 is 0 Å². The van der Waals surface area contributed by atoms with E-state index in [4.69, 9.17) is 16.3 Å². The Kier molecular flexibility index (Phi) is 6.25. The maximum absolute atomic E-state index is 9.39. The van der Waals surface area contributed by atoms with Crippen molar-refractivity contribution in [3.8, 4) is 0 Å². The number of hydrogen-bond acceptors (Lipinski definition) is 2. The van der Waals surface area contributed by atoms with Crippen molar-refractivity contribution in [1.29, 1.82) is 0 Å². The molecule has 0 amide bonds. The average molecular weight is 230 g/mol. The predicted molar refractivity (Wildman–Crippen MR) is 48.3 cm³/mol. The van der Waals surface area contributed by atoms with Gasteiger partial charge in [-0.25, -0.2) is 0 Å². The van der Waals surface area contributed by atoms with Crippen molar-refractivity contribution in [3.05, 3.63) is 0 Å². The van der Waals surface area contributed by atoms with Crippen molar-refractivity contribution in [2.24, 2.45) is 0 Å². The number of aliphatic hydroxyl groups is 1. The molecule has 1 rings (SSSR count). The lowest BCUT2D eigenvalue weighted by molar-refractivity contribution is -0.919. The van der Waals surface area contributed by atoms with E-state index in [0.717, 1.165) is 37.3 Å². The van der Waals surface area contributed by atoms with Crippen LogP contribution in [-0.2, 0) is 4.74 Å². The summed E-state index contributed by atoms with van der Waals surface area (Å²) in [6.45, 7) is 4.30. The molecule has 1 aliphatic heterocycles. The van der Waals surface area contributed by atoms with Crippen LogP contribution >= 0.6 is 11.6 Å². The van der Waals surface area contributed by atoms with Crippen LogP contribution in [0, 0.1) is 0 Å². The van der Waals surface area contributed by atoms with E-state index in [-0.39, 0.29) is 18.5 Å². The van der Waals surface area contributed by atoms with E-state index < -0.39 is 0 Å². The number of likely N-dealkylation sites (N-methyl/N-ethyl adjacent to an activating group) is 1. The maximum atomic E-state index is 9.39. The summed E-state index contributed by atoms with van der Waals surface area (Å²) in [6.07, 6.45) is -0.380. The molecule has 1 unspecified atom stereocenters. The summed E-state index contributed by atoms with van der Waals surface area (Å²) in [4.78, 5) is 0. The summed E-state index contributed by atoms with van der Waals surface area (Å²) in [7, 11) is 2.14. The van der Waals surface area contributed by atoms with E-state index in [1.54, 1.807) is 0 Å². The third kappa shape index (κ3) is 4.47. The van der Waals surface area contributed by atoms with Crippen LogP contribution in [0.15, 0.2) is 0 Å². The Hall–Kier alpha value is 0.460. The Labute approximate surface area is 90.6 Å². The highest BCUT2D eigenvalue weighted by Gasteiger charge is 2.27. The number of ether oxygens (including phenoxy) is 1. The fourth-order valence-corrected chi connectivity index (χ4v) is 1.62. The summed E-state index contributed by atoms with van der Waals surface area (Å²) in [6, 6.07) is 0.